The van der Waals surface area contributed by atoms with Crippen molar-refractivity contribution in [3.63, 3.8) is 0 Å². The predicted octanol–water partition coefficient (Wildman–Crippen LogP) is 4.43. The molecular weight excluding hydrogens is 336 g/mol. The van der Waals surface area contributed by atoms with Crippen LogP contribution in [0.25, 0.3) is 0 Å². The molecule has 1 aliphatic rings. The molecule has 1 aliphatic carbocycles. The molecule has 2 N–H and O–H groups in total. The third-order valence-electron chi connectivity index (χ3n) is 5.35. The van der Waals surface area contributed by atoms with Crippen LogP contribution in [0, 0.1) is 20.8 Å². The average molecular weight is 364 g/mol. The molecule has 142 valence electrons. The summed E-state index contributed by atoms with van der Waals surface area (Å²) in [5.74, 6) is -0.254. The average Bonchev–Trinajstić information content (AvgIpc) is 2.62. The van der Waals surface area contributed by atoms with E-state index in [-0.39, 0.29) is 11.8 Å². The van der Waals surface area contributed by atoms with Gasteiger partial charge in [0.25, 0.3) is 11.8 Å². The Morgan fingerprint density at radius 2 is 1.37 bits per heavy atom. The molecule has 0 saturated heterocycles. The second kappa shape index (κ2) is 7.95. The topological polar surface area (TPSA) is 58.2 Å². The van der Waals surface area contributed by atoms with Crippen molar-refractivity contribution in [2.45, 2.75) is 58.5 Å². The molecule has 1 saturated carbocycles. The molecule has 3 rings (SSSR count). The van der Waals surface area contributed by atoms with Gasteiger partial charge in [0, 0.05) is 11.1 Å². The first-order valence-electron chi connectivity index (χ1n) is 9.68. The van der Waals surface area contributed by atoms with Crippen molar-refractivity contribution in [2.75, 3.05) is 0 Å². The van der Waals surface area contributed by atoms with Gasteiger partial charge >= 0.3 is 0 Å². The van der Waals surface area contributed by atoms with Crippen LogP contribution in [0.15, 0.2) is 42.5 Å². The number of hydrogen-bond donors (Lipinski definition) is 2. The van der Waals surface area contributed by atoms with Gasteiger partial charge in [-0.25, -0.2) is 0 Å². The van der Waals surface area contributed by atoms with Crippen LogP contribution < -0.4 is 10.6 Å². The Kier molecular flexibility index (Phi) is 5.64. The van der Waals surface area contributed by atoms with Gasteiger partial charge in [0.05, 0.1) is 0 Å². The van der Waals surface area contributed by atoms with Crippen molar-refractivity contribution in [2.24, 2.45) is 0 Å². The van der Waals surface area contributed by atoms with E-state index in [1.165, 1.54) is 0 Å². The largest absolute Gasteiger partial charge is 0.329 e. The lowest BCUT2D eigenvalue weighted by Gasteiger charge is -2.39. The minimum Gasteiger partial charge on any atom is -0.329 e. The van der Waals surface area contributed by atoms with E-state index in [2.05, 4.69) is 10.6 Å². The molecule has 0 aliphatic heterocycles. The molecule has 0 aromatic heterocycles. The number of nitrogens with one attached hydrogen (secondary N) is 2. The first-order chi connectivity index (χ1) is 12.9. The normalized spacial score (nSPS) is 15.8. The quantitative estimate of drug-likeness (QED) is 0.789. The highest BCUT2D eigenvalue weighted by Crippen LogP contribution is 2.28. The lowest BCUT2D eigenvalue weighted by molar-refractivity contribution is 0.0745. The Morgan fingerprint density at radius 1 is 0.815 bits per heavy atom. The highest BCUT2D eigenvalue weighted by molar-refractivity contribution is 5.99. The first-order valence-corrected chi connectivity index (χ1v) is 9.68. The lowest BCUT2D eigenvalue weighted by atomic mass is 9.87. The summed E-state index contributed by atoms with van der Waals surface area (Å²) in [7, 11) is 0. The molecule has 4 nitrogen and oxygen atoms in total. The Balaban J connectivity index is 1.85. The van der Waals surface area contributed by atoms with Crippen LogP contribution in [0.1, 0.15) is 69.5 Å². The SMILES string of the molecule is Cc1cc(C)c(C(=O)NC2(NC(=O)c3ccccc3)CCCCC2)c(C)c1. The Labute approximate surface area is 161 Å². The summed E-state index contributed by atoms with van der Waals surface area (Å²) in [5.41, 5.74) is 3.70. The highest BCUT2D eigenvalue weighted by Gasteiger charge is 2.36. The van der Waals surface area contributed by atoms with Crippen LogP contribution in [0.3, 0.4) is 0 Å². The van der Waals surface area contributed by atoms with Gasteiger partial charge in [0.2, 0.25) is 0 Å². The van der Waals surface area contributed by atoms with Gasteiger partial charge in [0.15, 0.2) is 0 Å². The number of aryl methyl sites for hydroxylation is 3. The molecule has 2 amide bonds. The van der Waals surface area contributed by atoms with Crippen molar-refractivity contribution in [1.82, 2.24) is 10.6 Å². The van der Waals surface area contributed by atoms with Gasteiger partial charge in [-0.3, -0.25) is 9.59 Å². The Bertz CT molecular complexity index is 814. The molecule has 0 unspecified atom stereocenters. The smallest absolute Gasteiger partial charge is 0.253 e. The van der Waals surface area contributed by atoms with E-state index in [0.29, 0.717) is 11.1 Å². The minimum atomic E-state index is -0.688. The zero-order valence-corrected chi connectivity index (χ0v) is 16.4. The monoisotopic (exact) mass is 364 g/mol. The van der Waals surface area contributed by atoms with Gasteiger partial charge in [-0.05, 0) is 69.7 Å². The van der Waals surface area contributed by atoms with Crippen molar-refractivity contribution in [3.8, 4) is 0 Å². The molecule has 4 heteroatoms. The molecule has 2 aromatic carbocycles. The third kappa shape index (κ3) is 4.38. The molecule has 0 heterocycles. The number of carbonyl (C=O) groups excluding carboxylic acids is 2. The molecule has 0 spiro atoms. The van der Waals surface area contributed by atoms with Crippen molar-refractivity contribution < 1.29 is 9.59 Å². The molecular formula is C23H28N2O2. The Morgan fingerprint density at radius 3 is 1.96 bits per heavy atom. The van der Waals surface area contributed by atoms with E-state index in [4.69, 9.17) is 0 Å². The van der Waals surface area contributed by atoms with Crippen LogP contribution in [-0.4, -0.2) is 17.5 Å². The second-order valence-corrected chi connectivity index (χ2v) is 7.69. The summed E-state index contributed by atoms with van der Waals surface area (Å²) in [6, 6.07) is 13.2. The van der Waals surface area contributed by atoms with Gasteiger partial charge in [-0.2, -0.15) is 0 Å². The van der Waals surface area contributed by atoms with Crippen LogP contribution in [0.5, 0.6) is 0 Å². The van der Waals surface area contributed by atoms with Gasteiger partial charge in [0.1, 0.15) is 5.66 Å². The van der Waals surface area contributed by atoms with Crippen molar-refractivity contribution in [1.29, 1.82) is 0 Å². The summed E-state index contributed by atoms with van der Waals surface area (Å²) >= 11 is 0. The van der Waals surface area contributed by atoms with E-state index in [0.717, 1.165) is 48.8 Å². The summed E-state index contributed by atoms with van der Waals surface area (Å²) in [4.78, 5) is 25.9. The van der Waals surface area contributed by atoms with E-state index in [9.17, 15) is 9.59 Å². The highest BCUT2D eigenvalue weighted by atomic mass is 16.2. The fourth-order valence-corrected chi connectivity index (χ4v) is 4.13. The van der Waals surface area contributed by atoms with E-state index in [1.807, 2.05) is 51.1 Å². The summed E-state index contributed by atoms with van der Waals surface area (Å²) in [6.45, 7) is 5.96. The van der Waals surface area contributed by atoms with Crippen molar-refractivity contribution >= 4 is 11.8 Å². The number of benzene rings is 2. The van der Waals surface area contributed by atoms with E-state index >= 15 is 0 Å². The van der Waals surface area contributed by atoms with Crippen LogP contribution in [0.2, 0.25) is 0 Å². The maximum absolute atomic E-state index is 13.1. The zero-order valence-electron chi connectivity index (χ0n) is 16.4. The maximum Gasteiger partial charge on any atom is 0.253 e. The molecule has 0 radical (unpaired) electrons. The zero-order chi connectivity index (χ0) is 19.4. The first kappa shape index (κ1) is 19.2. The standard InChI is InChI=1S/C23H28N2O2/c1-16-14-17(2)20(18(3)15-16)22(27)25-23(12-8-5-9-13-23)24-21(26)19-10-6-4-7-11-19/h4,6-7,10-11,14-15H,5,8-9,12-13H2,1-3H3,(H,24,26)(H,25,27). The van der Waals surface area contributed by atoms with Crippen LogP contribution in [-0.2, 0) is 0 Å². The molecule has 2 aromatic rings. The van der Waals surface area contributed by atoms with Gasteiger partial charge in [-0.1, -0.05) is 42.3 Å². The number of carbonyl (C=O) groups is 2. The number of rotatable bonds is 4. The summed E-state index contributed by atoms with van der Waals surface area (Å²) in [6.07, 6.45) is 4.60. The second-order valence-electron chi connectivity index (χ2n) is 7.69. The van der Waals surface area contributed by atoms with Crippen LogP contribution in [0.4, 0.5) is 0 Å². The number of hydrogen-bond acceptors (Lipinski definition) is 2. The Hall–Kier alpha value is -2.62. The summed E-state index contributed by atoms with van der Waals surface area (Å²) in [5, 5.41) is 6.31. The third-order valence-corrected chi connectivity index (χ3v) is 5.35. The van der Waals surface area contributed by atoms with Crippen LogP contribution >= 0.6 is 0 Å². The van der Waals surface area contributed by atoms with Crippen molar-refractivity contribution in [3.05, 3.63) is 70.3 Å². The predicted molar refractivity (Wildman–Crippen MR) is 108 cm³/mol. The minimum absolute atomic E-state index is 0.111. The van der Waals surface area contributed by atoms with Gasteiger partial charge in [-0.15, -0.1) is 0 Å². The number of amides is 2. The molecule has 27 heavy (non-hydrogen) atoms. The molecule has 0 atom stereocenters. The summed E-state index contributed by atoms with van der Waals surface area (Å²) < 4.78 is 0. The molecule has 0 bridgehead atoms. The lowest BCUT2D eigenvalue weighted by Crippen LogP contribution is -2.61. The fourth-order valence-electron chi connectivity index (χ4n) is 4.13. The van der Waals surface area contributed by atoms with E-state index < -0.39 is 5.66 Å². The van der Waals surface area contributed by atoms with E-state index in [1.54, 1.807) is 12.1 Å². The molecule has 1 fully saturated rings. The maximum atomic E-state index is 13.1. The fraction of sp³-hybridized carbons (Fsp3) is 0.391. The van der Waals surface area contributed by atoms with Gasteiger partial charge < -0.3 is 10.6 Å².